The maximum Gasteiger partial charge on any atom is 0.406 e. The van der Waals surface area contributed by atoms with E-state index < -0.39 is 18.3 Å². The van der Waals surface area contributed by atoms with Crippen LogP contribution in [0.15, 0.2) is 45.6 Å². The third kappa shape index (κ3) is 4.79. The first-order valence-corrected chi connectivity index (χ1v) is 12.6. The summed E-state index contributed by atoms with van der Waals surface area (Å²) in [6.07, 6.45) is 1.52. The average molecular weight is 541 g/mol. The van der Waals surface area contributed by atoms with E-state index >= 15 is 0 Å². The molecule has 1 spiro atoms. The molecule has 0 unspecified atom stereocenters. The van der Waals surface area contributed by atoms with Crippen molar-refractivity contribution in [1.29, 1.82) is 0 Å². The van der Waals surface area contributed by atoms with E-state index in [1.54, 1.807) is 24.5 Å². The third-order valence-corrected chi connectivity index (χ3v) is 8.49. The van der Waals surface area contributed by atoms with Gasteiger partial charge in [0, 0.05) is 29.4 Å². The van der Waals surface area contributed by atoms with Crippen LogP contribution >= 0.6 is 23.4 Å². The minimum atomic E-state index is -4.56. The summed E-state index contributed by atoms with van der Waals surface area (Å²) in [5.41, 5.74) is 5.78. The van der Waals surface area contributed by atoms with Crippen molar-refractivity contribution in [2.24, 2.45) is 11.1 Å². The van der Waals surface area contributed by atoms with Crippen molar-refractivity contribution in [3.05, 3.63) is 46.2 Å². The van der Waals surface area contributed by atoms with E-state index in [9.17, 15) is 18.0 Å². The molecule has 2 N–H and O–H groups in total. The van der Waals surface area contributed by atoms with Gasteiger partial charge in [0.1, 0.15) is 17.4 Å². The zero-order chi connectivity index (χ0) is 25.7. The number of hydrogen-bond acceptors (Lipinski definition) is 8. The van der Waals surface area contributed by atoms with E-state index in [0.29, 0.717) is 21.1 Å². The van der Waals surface area contributed by atoms with Crippen LogP contribution < -0.4 is 16.2 Å². The minimum absolute atomic E-state index is 0.0134. The van der Waals surface area contributed by atoms with Gasteiger partial charge in [0.15, 0.2) is 0 Å². The highest BCUT2D eigenvalue weighted by Crippen LogP contribution is 2.42. The summed E-state index contributed by atoms with van der Waals surface area (Å²) in [7, 11) is 0. The number of nitrogens with zero attached hydrogens (tertiary/aromatic N) is 5. The van der Waals surface area contributed by atoms with Crippen LogP contribution in [0.2, 0.25) is 5.02 Å². The van der Waals surface area contributed by atoms with Gasteiger partial charge in [-0.2, -0.15) is 13.2 Å². The second-order valence-corrected chi connectivity index (χ2v) is 10.7. The predicted octanol–water partition coefficient (Wildman–Crippen LogP) is 3.89. The molecule has 3 aromatic rings. The number of anilines is 1. The lowest BCUT2D eigenvalue weighted by molar-refractivity contribution is -0.141. The zero-order valence-corrected chi connectivity index (χ0v) is 20.9. The molecule has 0 amide bonds. The van der Waals surface area contributed by atoms with E-state index in [1.165, 1.54) is 11.8 Å². The van der Waals surface area contributed by atoms with E-state index in [4.69, 9.17) is 22.1 Å². The van der Waals surface area contributed by atoms with Crippen molar-refractivity contribution in [3.8, 4) is 0 Å². The van der Waals surface area contributed by atoms with Gasteiger partial charge in [-0.1, -0.05) is 23.4 Å². The summed E-state index contributed by atoms with van der Waals surface area (Å²) in [6.45, 7) is 2.88. The number of fused-ring (bicyclic) bond motifs is 1. The molecule has 2 aromatic heterocycles. The summed E-state index contributed by atoms with van der Waals surface area (Å²) < 4.78 is 44.7. The fraction of sp³-hybridized carbons (Fsp3) is 0.478. The Balaban J connectivity index is 1.31. The van der Waals surface area contributed by atoms with Gasteiger partial charge >= 0.3 is 6.18 Å². The Morgan fingerprint density at radius 3 is 2.58 bits per heavy atom. The predicted molar refractivity (Wildman–Crippen MR) is 130 cm³/mol. The maximum atomic E-state index is 12.8. The summed E-state index contributed by atoms with van der Waals surface area (Å²) in [4.78, 5) is 28.3. The number of alkyl halides is 3. The molecule has 2 fully saturated rings. The average Bonchev–Trinajstić information content (AvgIpc) is 3.11. The van der Waals surface area contributed by atoms with Crippen LogP contribution in [0.1, 0.15) is 19.8 Å². The number of benzene rings is 1. The molecule has 5 rings (SSSR count). The lowest BCUT2D eigenvalue weighted by atomic mass is 9.73. The second-order valence-electron chi connectivity index (χ2n) is 9.27. The Morgan fingerprint density at radius 1 is 1.22 bits per heavy atom. The van der Waals surface area contributed by atoms with E-state index in [-0.39, 0.29) is 33.5 Å². The van der Waals surface area contributed by atoms with Gasteiger partial charge in [0.05, 0.1) is 47.4 Å². The van der Waals surface area contributed by atoms with Crippen LogP contribution in [-0.2, 0) is 11.3 Å². The highest BCUT2D eigenvalue weighted by atomic mass is 35.5. The Bertz CT molecular complexity index is 1330. The Hall–Kier alpha value is -2.41. The van der Waals surface area contributed by atoms with Gasteiger partial charge in [0.2, 0.25) is 0 Å². The van der Waals surface area contributed by atoms with Crippen molar-refractivity contribution in [2.45, 2.75) is 54.6 Å². The Labute approximate surface area is 214 Å². The van der Waals surface area contributed by atoms with Crippen LogP contribution in [0, 0.1) is 5.41 Å². The first-order chi connectivity index (χ1) is 17.1. The van der Waals surface area contributed by atoms with Gasteiger partial charge in [-0.05, 0) is 31.9 Å². The summed E-state index contributed by atoms with van der Waals surface area (Å²) >= 11 is 7.61. The lowest BCUT2D eigenvalue weighted by Gasteiger charge is -2.41. The van der Waals surface area contributed by atoms with Gasteiger partial charge in [-0.15, -0.1) is 0 Å². The first-order valence-electron chi connectivity index (χ1n) is 11.4. The monoisotopic (exact) mass is 540 g/mol. The van der Waals surface area contributed by atoms with Gasteiger partial charge in [0.25, 0.3) is 5.56 Å². The third-order valence-electron chi connectivity index (χ3n) is 7.00. The topological polar surface area (TPSA) is 99.2 Å². The fourth-order valence-electron chi connectivity index (χ4n) is 4.86. The number of halogens is 4. The molecule has 2 saturated heterocycles. The van der Waals surface area contributed by atoms with Crippen molar-refractivity contribution in [2.75, 3.05) is 24.6 Å². The van der Waals surface area contributed by atoms with E-state index in [0.717, 1.165) is 38.1 Å². The van der Waals surface area contributed by atoms with Crippen LogP contribution in [0.25, 0.3) is 10.9 Å². The van der Waals surface area contributed by atoms with Crippen molar-refractivity contribution >= 4 is 40.1 Å². The number of aromatic nitrogens is 4. The SMILES string of the molecule is C[C@@H]1OCC2(CCN(c3cnc(Sc4ccc5ncn(CC(F)(F)F)c(=O)c5c4Cl)cn3)CC2)[C@@H]1N. The molecule has 8 nitrogen and oxygen atoms in total. The van der Waals surface area contributed by atoms with Crippen molar-refractivity contribution in [1.82, 2.24) is 19.5 Å². The number of rotatable bonds is 4. The molecule has 36 heavy (non-hydrogen) atoms. The zero-order valence-electron chi connectivity index (χ0n) is 19.3. The maximum absolute atomic E-state index is 12.8. The molecule has 13 heteroatoms. The normalized spacial score (nSPS) is 22.0. The molecule has 2 aliphatic heterocycles. The lowest BCUT2D eigenvalue weighted by Crippen LogP contribution is -2.50. The standard InChI is InChI=1S/C23H24ClF3N6O2S/c1-13-20(28)22(11-35-13)4-6-32(7-5-22)16-8-30-17(9-29-16)36-15-3-2-14-18(19(15)24)21(34)33(12-31-14)10-23(25,26)27/h2-3,8-9,12-13,20H,4-7,10-11,28H2,1H3/t13-,20+/m0/s1. The largest absolute Gasteiger partial charge is 0.406 e. The highest BCUT2D eigenvalue weighted by Gasteiger charge is 2.47. The number of nitrogens with two attached hydrogens (primary N) is 1. The second kappa shape index (κ2) is 9.47. The number of piperidine rings is 1. The Kier molecular flexibility index (Phi) is 6.64. The fourth-order valence-corrected chi connectivity index (χ4v) is 5.98. The quantitative estimate of drug-likeness (QED) is 0.532. The summed E-state index contributed by atoms with van der Waals surface area (Å²) in [6, 6.07) is 3.24. The highest BCUT2D eigenvalue weighted by molar-refractivity contribution is 7.99. The smallest absolute Gasteiger partial charge is 0.376 e. The molecule has 0 aliphatic carbocycles. The van der Waals surface area contributed by atoms with E-state index in [1.807, 2.05) is 6.92 Å². The van der Waals surface area contributed by atoms with Crippen molar-refractivity contribution in [3.63, 3.8) is 0 Å². The molecule has 192 valence electrons. The molecule has 0 radical (unpaired) electrons. The molecular weight excluding hydrogens is 517 g/mol. The van der Waals surface area contributed by atoms with Crippen molar-refractivity contribution < 1.29 is 17.9 Å². The molecular formula is C23H24ClF3N6O2S. The molecule has 1 aromatic carbocycles. The summed E-state index contributed by atoms with van der Waals surface area (Å²) in [5, 5.41) is 0.500. The number of hydrogen-bond donors (Lipinski definition) is 1. The van der Waals surface area contributed by atoms with Gasteiger partial charge in [-0.25, -0.2) is 15.0 Å². The number of ether oxygens (including phenoxy) is 1. The molecule has 0 bridgehead atoms. The van der Waals surface area contributed by atoms with Gasteiger partial charge < -0.3 is 15.4 Å². The van der Waals surface area contributed by atoms with Crippen LogP contribution in [0.4, 0.5) is 19.0 Å². The molecule has 2 atom stereocenters. The molecule has 2 aliphatic rings. The minimum Gasteiger partial charge on any atom is -0.376 e. The molecule has 4 heterocycles. The Morgan fingerprint density at radius 2 is 1.97 bits per heavy atom. The molecule has 0 saturated carbocycles. The summed E-state index contributed by atoms with van der Waals surface area (Å²) in [5.74, 6) is 0.749. The van der Waals surface area contributed by atoms with Gasteiger partial charge in [-0.3, -0.25) is 9.36 Å². The van der Waals surface area contributed by atoms with Crippen LogP contribution in [0.5, 0.6) is 0 Å². The first kappa shape index (κ1) is 25.2. The van der Waals surface area contributed by atoms with E-state index in [2.05, 4.69) is 19.9 Å². The van der Waals surface area contributed by atoms with Crippen LogP contribution in [-0.4, -0.2) is 57.5 Å². The van der Waals surface area contributed by atoms with Crippen LogP contribution in [0.3, 0.4) is 0 Å².